The molecule has 0 aromatic heterocycles. The fourth-order valence-corrected chi connectivity index (χ4v) is 9.19. The van der Waals surface area contributed by atoms with Crippen molar-refractivity contribution in [2.24, 2.45) is 0 Å². The first-order valence-corrected chi connectivity index (χ1v) is 21.1. The Morgan fingerprint density at radius 1 is 0.458 bits per heavy atom. The van der Waals surface area contributed by atoms with Gasteiger partial charge >= 0.3 is 0 Å². The van der Waals surface area contributed by atoms with E-state index in [0.717, 1.165) is 56.5 Å². The van der Waals surface area contributed by atoms with Crippen LogP contribution in [-0.2, 0) is 5.60 Å². The first kappa shape index (κ1) is 39.5. The molecule has 5 heteroatoms. The zero-order valence-corrected chi connectivity index (χ0v) is 34.8. The van der Waals surface area contributed by atoms with E-state index in [4.69, 9.17) is 0 Å². The maximum absolute atomic E-state index is 10.5. The third kappa shape index (κ3) is 12.5. The van der Waals surface area contributed by atoms with E-state index in [2.05, 4.69) is 119 Å². The van der Waals surface area contributed by atoms with Crippen LogP contribution < -0.4 is 0 Å². The van der Waals surface area contributed by atoms with Crippen molar-refractivity contribution in [2.75, 3.05) is 0 Å². The topological polar surface area (TPSA) is 20.2 Å². The van der Waals surface area contributed by atoms with E-state index in [1.807, 2.05) is 48.5 Å². The largest absolute Gasteiger partial charge is 0.385 e. The van der Waals surface area contributed by atoms with Crippen molar-refractivity contribution in [3.63, 3.8) is 0 Å². The minimum atomic E-state index is -0.585. The molecule has 0 radical (unpaired) electrons. The highest BCUT2D eigenvalue weighted by molar-refractivity contribution is 9.13. The summed E-state index contributed by atoms with van der Waals surface area (Å²) < 4.78 is 4.52. The minimum absolute atomic E-state index is 0.585. The van der Waals surface area contributed by atoms with Gasteiger partial charge in [0.05, 0.1) is 5.60 Å². The molecule has 3 fully saturated rings. The highest BCUT2D eigenvalue weighted by atomic mass is 79.9. The maximum Gasteiger partial charge on any atom is 0.0907 e. The van der Waals surface area contributed by atoms with Crippen molar-refractivity contribution in [3.05, 3.63) is 137 Å². The Bertz CT molecular complexity index is 1420. The van der Waals surface area contributed by atoms with Gasteiger partial charge in [0.1, 0.15) is 0 Å². The molecule has 0 amide bonds. The molecule has 1 N–H and O–H groups in total. The Balaban J connectivity index is 0.000000147. The molecule has 3 aliphatic carbocycles. The van der Waals surface area contributed by atoms with E-state index in [-0.39, 0.29) is 0 Å². The zero-order valence-electron chi connectivity index (χ0n) is 28.5. The number of hydrogen-bond donors (Lipinski definition) is 1. The molecule has 7 rings (SSSR count). The van der Waals surface area contributed by atoms with Crippen LogP contribution in [0.2, 0.25) is 0 Å². The highest BCUT2D eigenvalue weighted by Crippen LogP contribution is 2.40. The lowest BCUT2D eigenvalue weighted by molar-refractivity contribution is -0.00128. The number of halogens is 4. The monoisotopic (exact) mass is 900 g/mol. The van der Waals surface area contributed by atoms with Crippen LogP contribution in [0.5, 0.6) is 0 Å². The first-order valence-electron chi connectivity index (χ1n) is 18.0. The third-order valence-electron chi connectivity index (χ3n) is 10.1. The van der Waals surface area contributed by atoms with Crippen LogP contribution in [0.15, 0.2) is 115 Å². The van der Waals surface area contributed by atoms with Gasteiger partial charge in [-0.25, -0.2) is 0 Å². The summed E-state index contributed by atoms with van der Waals surface area (Å²) in [6, 6.07) is 33.5. The second-order valence-corrected chi connectivity index (χ2v) is 17.0. The molecule has 0 atom stereocenters. The number of hydrogen-bond acceptors (Lipinski definition) is 1. The molecule has 4 aromatic carbocycles. The lowest BCUT2D eigenvalue weighted by Crippen LogP contribution is -2.28. The van der Waals surface area contributed by atoms with Crippen molar-refractivity contribution < 1.29 is 5.11 Å². The molecular formula is C43H52Br4O. The molecule has 48 heavy (non-hydrogen) atoms. The van der Waals surface area contributed by atoms with Crippen LogP contribution in [0.1, 0.15) is 130 Å². The second kappa shape index (κ2) is 21.2. The van der Waals surface area contributed by atoms with Crippen molar-refractivity contribution in [1.82, 2.24) is 0 Å². The van der Waals surface area contributed by atoms with Gasteiger partial charge in [-0.3, -0.25) is 0 Å². The Labute approximate surface area is 324 Å². The van der Waals surface area contributed by atoms with E-state index < -0.39 is 5.60 Å². The van der Waals surface area contributed by atoms with E-state index in [1.165, 1.54) is 86.2 Å². The summed E-state index contributed by atoms with van der Waals surface area (Å²) in [5.41, 5.74) is 5.07. The van der Waals surface area contributed by atoms with Crippen molar-refractivity contribution in [1.29, 1.82) is 0 Å². The predicted octanol–water partition coefficient (Wildman–Crippen LogP) is 15.4. The molecule has 0 bridgehead atoms. The van der Waals surface area contributed by atoms with E-state index >= 15 is 0 Å². The zero-order chi connectivity index (χ0) is 34.2. The van der Waals surface area contributed by atoms with Crippen LogP contribution in [0.4, 0.5) is 0 Å². The smallest absolute Gasteiger partial charge is 0.0907 e. The fourth-order valence-electron chi connectivity index (χ4n) is 7.36. The van der Waals surface area contributed by atoms with Crippen molar-refractivity contribution in [2.45, 2.75) is 121 Å². The Morgan fingerprint density at radius 2 is 0.854 bits per heavy atom. The Hall–Kier alpha value is -1.24. The van der Waals surface area contributed by atoms with Gasteiger partial charge in [-0.05, 0) is 136 Å². The first-order chi connectivity index (χ1) is 23.3. The van der Waals surface area contributed by atoms with Crippen LogP contribution in [0.25, 0.3) is 0 Å². The van der Waals surface area contributed by atoms with Gasteiger partial charge in [0, 0.05) is 17.9 Å². The standard InChI is InChI=1S/C13H18.C12H15BrO.C12H15Br.C6H4Br2/c1-11-7-5-6-10-13(11)12-8-3-2-4-9-12;13-11-7-3-2-6-10(11)12(14)8-4-1-5-9-12;13-12-9-5-4-8-11(12)10-6-2-1-3-7-10;7-5-3-1-2-4-6(5)8/h5-7,10,12H,2-4,8-9H2,1H3;2-3,6-7,14H,1,4-5,8-9H2;4-5,8-10H,1-3,6-7H2;1-4H. The Kier molecular flexibility index (Phi) is 17.5. The summed E-state index contributed by atoms with van der Waals surface area (Å²) in [5.74, 6) is 1.67. The summed E-state index contributed by atoms with van der Waals surface area (Å²) in [4.78, 5) is 0. The maximum atomic E-state index is 10.5. The summed E-state index contributed by atoms with van der Waals surface area (Å²) in [7, 11) is 0. The van der Waals surface area contributed by atoms with Crippen LogP contribution >= 0.6 is 63.7 Å². The van der Waals surface area contributed by atoms with Gasteiger partial charge in [-0.15, -0.1) is 0 Å². The number of aryl methyl sites for hydroxylation is 1. The van der Waals surface area contributed by atoms with Crippen LogP contribution in [0.3, 0.4) is 0 Å². The minimum Gasteiger partial charge on any atom is -0.385 e. The van der Waals surface area contributed by atoms with Gasteiger partial charge in [-0.2, -0.15) is 0 Å². The summed E-state index contributed by atoms with van der Waals surface area (Å²) in [6.45, 7) is 2.24. The lowest BCUT2D eigenvalue weighted by atomic mass is 9.80. The van der Waals surface area contributed by atoms with Crippen molar-refractivity contribution >= 4 is 63.7 Å². The average molecular weight is 905 g/mol. The van der Waals surface area contributed by atoms with Crippen LogP contribution in [0, 0.1) is 6.92 Å². The molecule has 3 saturated carbocycles. The summed E-state index contributed by atoms with van der Waals surface area (Å²) in [6.07, 6.45) is 19.5. The van der Waals surface area contributed by atoms with Gasteiger partial charge in [0.15, 0.2) is 0 Å². The number of aliphatic hydroxyl groups is 1. The predicted molar refractivity (Wildman–Crippen MR) is 220 cm³/mol. The van der Waals surface area contributed by atoms with Gasteiger partial charge in [-0.1, -0.05) is 162 Å². The number of benzene rings is 4. The molecule has 3 aliphatic rings. The average Bonchev–Trinajstić information content (AvgIpc) is 3.12. The van der Waals surface area contributed by atoms with E-state index in [9.17, 15) is 5.11 Å². The normalized spacial score (nSPS) is 17.8. The third-order valence-corrected chi connectivity index (χ3v) is 13.4. The van der Waals surface area contributed by atoms with E-state index in [1.54, 1.807) is 5.56 Å². The fraction of sp³-hybridized carbons (Fsp3) is 0.442. The molecule has 1 nitrogen and oxygen atoms in total. The van der Waals surface area contributed by atoms with E-state index in [0.29, 0.717) is 0 Å². The molecule has 0 aliphatic heterocycles. The second-order valence-electron chi connectivity index (χ2n) is 13.5. The molecule has 258 valence electrons. The van der Waals surface area contributed by atoms with Gasteiger partial charge < -0.3 is 5.11 Å². The molecule has 4 aromatic rings. The molecular weight excluding hydrogens is 852 g/mol. The molecule has 0 unspecified atom stereocenters. The lowest BCUT2D eigenvalue weighted by Gasteiger charge is -2.33. The van der Waals surface area contributed by atoms with Gasteiger partial charge in [0.25, 0.3) is 0 Å². The van der Waals surface area contributed by atoms with Crippen LogP contribution in [-0.4, -0.2) is 5.11 Å². The SMILES string of the molecule is Brc1ccccc1Br.Brc1ccccc1C1CCCCC1.Cc1ccccc1C1CCCCC1.OC1(c2ccccc2Br)CCCCC1. The molecule has 0 heterocycles. The molecule has 0 saturated heterocycles. The Morgan fingerprint density at radius 3 is 1.33 bits per heavy atom. The van der Waals surface area contributed by atoms with Crippen molar-refractivity contribution in [3.8, 4) is 0 Å². The quantitative estimate of drug-likeness (QED) is 0.217. The number of rotatable bonds is 3. The summed E-state index contributed by atoms with van der Waals surface area (Å²) >= 11 is 13.8. The van der Waals surface area contributed by atoms with Gasteiger partial charge in [0.2, 0.25) is 0 Å². The summed E-state index contributed by atoms with van der Waals surface area (Å²) in [5, 5.41) is 10.5. The molecule has 0 spiro atoms. The highest BCUT2D eigenvalue weighted by Gasteiger charge is 2.32.